The number of hydrogen-bond acceptors (Lipinski definition) is 4. The number of rotatable bonds is 5. The Morgan fingerprint density at radius 2 is 1.64 bits per heavy atom. The first-order valence-corrected chi connectivity index (χ1v) is 9.34. The molecule has 0 bridgehead atoms. The molecule has 156 valence electrons. The third kappa shape index (κ3) is 7.47. The molecular weight excluding hydrogens is 373 g/mol. The van der Waals surface area contributed by atoms with Gasteiger partial charge in [-0.15, -0.1) is 0 Å². The minimum Gasteiger partial charge on any atom is -0.336 e. The van der Waals surface area contributed by atoms with Crippen molar-refractivity contribution in [2.24, 2.45) is 0 Å². The van der Waals surface area contributed by atoms with E-state index in [1.165, 1.54) is 12.1 Å². The van der Waals surface area contributed by atoms with Crippen molar-refractivity contribution >= 4 is 11.9 Å². The zero-order valence-corrected chi connectivity index (χ0v) is 16.2. The van der Waals surface area contributed by atoms with Gasteiger partial charge >= 0.3 is 12.2 Å². The van der Waals surface area contributed by atoms with Crippen LogP contribution in [0.3, 0.4) is 0 Å². The summed E-state index contributed by atoms with van der Waals surface area (Å²) >= 11 is 0. The maximum Gasteiger partial charge on any atom is 0.416 e. The number of nitrogens with one attached hydrogen (secondary N) is 2. The summed E-state index contributed by atoms with van der Waals surface area (Å²) in [5.74, 6) is -0.352. The van der Waals surface area contributed by atoms with Crippen LogP contribution in [0.25, 0.3) is 0 Å². The first-order chi connectivity index (χ1) is 13.1. The Balaban J connectivity index is 1.79. The van der Waals surface area contributed by atoms with E-state index in [-0.39, 0.29) is 18.5 Å². The van der Waals surface area contributed by atoms with Gasteiger partial charge in [-0.2, -0.15) is 13.2 Å². The predicted octanol–water partition coefficient (Wildman–Crippen LogP) is 2.45. The highest BCUT2D eigenvalue weighted by Gasteiger charge is 2.30. The van der Waals surface area contributed by atoms with E-state index in [4.69, 9.17) is 0 Å². The van der Waals surface area contributed by atoms with Gasteiger partial charge in [-0.1, -0.05) is 12.1 Å². The maximum absolute atomic E-state index is 12.6. The Kier molecular flexibility index (Phi) is 7.82. The van der Waals surface area contributed by atoms with Crippen LogP contribution in [0.1, 0.15) is 31.4 Å². The first kappa shape index (κ1) is 22.2. The molecule has 6 nitrogen and oxygen atoms in total. The molecule has 0 aromatic heterocycles. The van der Waals surface area contributed by atoms with Crippen molar-refractivity contribution < 1.29 is 22.8 Å². The summed E-state index contributed by atoms with van der Waals surface area (Å²) < 4.78 is 37.9. The number of amides is 3. The van der Waals surface area contributed by atoms with Crippen molar-refractivity contribution in [2.45, 2.75) is 39.0 Å². The van der Waals surface area contributed by atoms with Gasteiger partial charge in [-0.3, -0.25) is 19.9 Å². The lowest BCUT2D eigenvalue weighted by Crippen LogP contribution is -2.46. The summed E-state index contributed by atoms with van der Waals surface area (Å²) in [7, 11) is 0. The summed E-state index contributed by atoms with van der Waals surface area (Å²) in [6.07, 6.45) is -3.49. The second-order valence-corrected chi connectivity index (χ2v) is 7.28. The normalized spacial score (nSPS) is 16.6. The van der Waals surface area contributed by atoms with Gasteiger partial charge in [0.15, 0.2) is 0 Å². The highest BCUT2D eigenvalue weighted by molar-refractivity contribution is 5.95. The topological polar surface area (TPSA) is 64.7 Å². The number of nitrogens with zero attached hydrogens (tertiary/aromatic N) is 2. The van der Waals surface area contributed by atoms with Crippen molar-refractivity contribution in [3.05, 3.63) is 35.4 Å². The third-order valence-electron chi connectivity index (χ3n) is 4.41. The maximum atomic E-state index is 12.6. The van der Waals surface area contributed by atoms with Gasteiger partial charge in [0.2, 0.25) is 5.91 Å². The molecule has 0 atom stereocenters. The van der Waals surface area contributed by atoms with Crippen LogP contribution in [0.15, 0.2) is 24.3 Å². The number of benzene rings is 1. The van der Waals surface area contributed by atoms with Gasteiger partial charge in [0.05, 0.1) is 12.1 Å². The van der Waals surface area contributed by atoms with Crippen LogP contribution >= 0.6 is 0 Å². The standard InChI is InChI=1S/C19H27F3N4O2/c1-14(2)23-18(28)24-17(27)13-26-9-3-8-25(10-11-26)12-15-4-6-16(7-5-15)19(20,21)22/h4-7,14H,3,8-13H2,1-2H3,(H2,23,24,27,28). The average molecular weight is 400 g/mol. The monoisotopic (exact) mass is 400 g/mol. The van der Waals surface area contributed by atoms with E-state index < -0.39 is 17.8 Å². The Morgan fingerprint density at radius 1 is 1.04 bits per heavy atom. The number of imide groups is 1. The fourth-order valence-electron chi connectivity index (χ4n) is 3.07. The van der Waals surface area contributed by atoms with E-state index in [2.05, 4.69) is 15.5 Å². The lowest BCUT2D eigenvalue weighted by Gasteiger charge is -2.21. The minimum absolute atomic E-state index is 0.0512. The van der Waals surface area contributed by atoms with Crippen molar-refractivity contribution in [3.63, 3.8) is 0 Å². The van der Waals surface area contributed by atoms with Gasteiger partial charge < -0.3 is 5.32 Å². The second kappa shape index (κ2) is 9.88. The Morgan fingerprint density at radius 3 is 2.25 bits per heavy atom. The van der Waals surface area contributed by atoms with Crippen LogP contribution in [0, 0.1) is 0 Å². The quantitative estimate of drug-likeness (QED) is 0.797. The zero-order valence-electron chi connectivity index (χ0n) is 16.2. The van der Waals surface area contributed by atoms with Crippen LogP contribution < -0.4 is 10.6 Å². The number of carbonyl (C=O) groups excluding carboxylic acids is 2. The van der Waals surface area contributed by atoms with Crippen LogP contribution in [0.4, 0.5) is 18.0 Å². The largest absolute Gasteiger partial charge is 0.416 e. The second-order valence-electron chi connectivity index (χ2n) is 7.28. The number of halogens is 3. The molecule has 1 heterocycles. The van der Waals surface area contributed by atoms with Crippen LogP contribution in [0.2, 0.25) is 0 Å². The van der Waals surface area contributed by atoms with Crippen molar-refractivity contribution in [1.29, 1.82) is 0 Å². The number of alkyl halides is 3. The summed E-state index contributed by atoms with van der Waals surface area (Å²) in [6, 6.07) is 4.67. The molecule has 2 rings (SSSR count). The smallest absolute Gasteiger partial charge is 0.336 e. The predicted molar refractivity (Wildman–Crippen MR) is 99.6 cm³/mol. The summed E-state index contributed by atoms with van der Waals surface area (Å²) in [4.78, 5) is 27.7. The highest BCUT2D eigenvalue weighted by atomic mass is 19.4. The van der Waals surface area contributed by atoms with E-state index >= 15 is 0 Å². The summed E-state index contributed by atoms with van der Waals surface area (Å²) in [6.45, 7) is 7.20. The van der Waals surface area contributed by atoms with Gasteiger partial charge in [0.25, 0.3) is 0 Å². The van der Waals surface area contributed by atoms with E-state index in [0.717, 1.165) is 37.2 Å². The van der Waals surface area contributed by atoms with Gasteiger partial charge in [0.1, 0.15) is 0 Å². The van der Waals surface area contributed by atoms with E-state index in [1.54, 1.807) is 0 Å². The molecule has 0 aliphatic carbocycles. The minimum atomic E-state index is -4.33. The van der Waals surface area contributed by atoms with Crippen LogP contribution in [0.5, 0.6) is 0 Å². The summed E-state index contributed by atoms with van der Waals surface area (Å²) in [5.41, 5.74) is 0.176. The fourth-order valence-corrected chi connectivity index (χ4v) is 3.07. The van der Waals surface area contributed by atoms with E-state index in [1.807, 2.05) is 18.7 Å². The number of urea groups is 1. The van der Waals surface area contributed by atoms with Crippen LogP contribution in [-0.4, -0.2) is 60.5 Å². The van der Waals surface area contributed by atoms with E-state index in [0.29, 0.717) is 19.6 Å². The molecule has 0 unspecified atom stereocenters. The molecule has 0 saturated carbocycles. The average Bonchev–Trinajstić information content (AvgIpc) is 2.79. The summed E-state index contributed by atoms with van der Waals surface area (Å²) in [5, 5.41) is 4.91. The lowest BCUT2D eigenvalue weighted by molar-refractivity contribution is -0.137. The van der Waals surface area contributed by atoms with Gasteiger partial charge in [-0.25, -0.2) is 4.79 Å². The number of carbonyl (C=O) groups is 2. The molecule has 1 aromatic carbocycles. The molecule has 9 heteroatoms. The Hall–Kier alpha value is -2.13. The van der Waals surface area contributed by atoms with Crippen molar-refractivity contribution in [1.82, 2.24) is 20.4 Å². The van der Waals surface area contributed by atoms with Gasteiger partial charge in [-0.05, 0) is 51.1 Å². The first-order valence-electron chi connectivity index (χ1n) is 9.34. The molecule has 3 amide bonds. The molecule has 28 heavy (non-hydrogen) atoms. The molecule has 0 spiro atoms. The molecule has 1 saturated heterocycles. The third-order valence-corrected chi connectivity index (χ3v) is 4.41. The Labute approximate surface area is 163 Å². The molecule has 2 N–H and O–H groups in total. The molecule has 0 radical (unpaired) electrons. The zero-order chi connectivity index (χ0) is 20.7. The molecule has 1 fully saturated rings. The van der Waals surface area contributed by atoms with Crippen molar-refractivity contribution in [2.75, 3.05) is 32.7 Å². The Bertz CT molecular complexity index is 662. The van der Waals surface area contributed by atoms with Gasteiger partial charge in [0, 0.05) is 25.7 Å². The lowest BCUT2D eigenvalue weighted by atomic mass is 10.1. The number of hydrogen-bond donors (Lipinski definition) is 2. The SMILES string of the molecule is CC(C)NC(=O)NC(=O)CN1CCCN(Cc2ccc(C(F)(F)F)cc2)CC1. The molecule has 1 aliphatic heterocycles. The molecule has 1 aliphatic rings. The molecule has 1 aromatic rings. The van der Waals surface area contributed by atoms with Crippen LogP contribution in [-0.2, 0) is 17.5 Å². The van der Waals surface area contributed by atoms with E-state index in [9.17, 15) is 22.8 Å². The highest BCUT2D eigenvalue weighted by Crippen LogP contribution is 2.29. The molecular formula is C19H27F3N4O2. The van der Waals surface area contributed by atoms with Crippen molar-refractivity contribution in [3.8, 4) is 0 Å². The fraction of sp³-hybridized carbons (Fsp3) is 0.579.